The van der Waals surface area contributed by atoms with Gasteiger partial charge >= 0.3 is 5.69 Å². The first-order chi connectivity index (χ1) is 8.58. The van der Waals surface area contributed by atoms with Crippen molar-refractivity contribution in [2.45, 2.75) is 26.0 Å². The highest BCUT2D eigenvalue weighted by molar-refractivity contribution is 5.48. The second-order valence-corrected chi connectivity index (χ2v) is 3.96. The lowest BCUT2D eigenvalue weighted by Crippen LogP contribution is -2.25. The number of rotatable bonds is 7. The van der Waals surface area contributed by atoms with Crippen molar-refractivity contribution in [3.05, 3.63) is 33.9 Å². The van der Waals surface area contributed by atoms with Crippen molar-refractivity contribution in [1.82, 2.24) is 5.32 Å². The third-order valence-electron chi connectivity index (χ3n) is 2.62. The van der Waals surface area contributed by atoms with Crippen LogP contribution in [0.25, 0.3) is 0 Å². The van der Waals surface area contributed by atoms with Crippen LogP contribution in [0.1, 0.15) is 18.9 Å². The van der Waals surface area contributed by atoms with Crippen LogP contribution in [-0.2, 0) is 6.54 Å². The molecular weight excluding hydrogens is 236 g/mol. The van der Waals surface area contributed by atoms with Crippen molar-refractivity contribution < 1.29 is 14.8 Å². The Hall–Kier alpha value is -1.66. The second kappa shape index (κ2) is 6.93. The Labute approximate surface area is 106 Å². The maximum Gasteiger partial charge on any atom is 0.311 e. The summed E-state index contributed by atoms with van der Waals surface area (Å²) in [5.74, 6) is 0.248. The monoisotopic (exact) mass is 254 g/mol. The molecule has 6 nitrogen and oxygen atoms in total. The molecule has 0 saturated carbocycles. The molecule has 0 aromatic heterocycles. The van der Waals surface area contributed by atoms with E-state index in [0.717, 1.165) is 5.56 Å². The molecule has 0 amide bonds. The summed E-state index contributed by atoms with van der Waals surface area (Å²) in [7, 11) is 1.40. The minimum absolute atomic E-state index is 0.0483. The van der Waals surface area contributed by atoms with Gasteiger partial charge in [0, 0.05) is 19.2 Å². The summed E-state index contributed by atoms with van der Waals surface area (Å²) < 4.78 is 4.92. The molecule has 100 valence electrons. The summed E-state index contributed by atoms with van der Waals surface area (Å²) in [6, 6.07) is 4.81. The first-order valence-corrected chi connectivity index (χ1v) is 5.78. The number of nitro groups is 1. The van der Waals surface area contributed by atoms with E-state index in [9.17, 15) is 15.2 Å². The van der Waals surface area contributed by atoms with Crippen LogP contribution in [0.2, 0.25) is 0 Å². The van der Waals surface area contributed by atoms with Crippen molar-refractivity contribution in [2.24, 2.45) is 0 Å². The summed E-state index contributed by atoms with van der Waals surface area (Å²) in [5.41, 5.74) is 0.735. The van der Waals surface area contributed by atoms with Crippen LogP contribution in [0.15, 0.2) is 18.2 Å². The van der Waals surface area contributed by atoms with E-state index in [0.29, 0.717) is 19.5 Å². The zero-order valence-electron chi connectivity index (χ0n) is 10.5. The van der Waals surface area contributed by atoms with Crippen LogP contribution >= 0.6 is 0 Å². The Morgan fingerprint density at radius 2 is 2.28 bits per heavy atom. The molecule has 0 spiro atoms. The third kappa shape index (κ3) is 3.97. The molecule has 0 fully saturated rings. The normalized spacial score (nSPS) is 12.2. The maximum absolute atomic E-state index is 10.8. The minimum Gasteiger partial charge on any atom is -0.490 e. The summed E-state index contributed by atoms with van der Waals surface area (Å²) in [6.07, 6.45) is 0.286. The summed E-state index contributed by atoms with van der Waals surface area (Å²) in [4.78, 5) is 10.4. The zero-order chi connectivity index (χ0) is 13.5. The SMILES string of the molecule is CCC(O)CNCc1ccc(OC)c([N+](=O)[O-])c1. The number of nitro benzene ring substituents is 1. The molecule has 1 rings (SSSR count). The first-order valence-electron chi connectivity index (χ1n) is 5.78. The second-order valence-electron chi connectivity index (χ2n) is 3.96. The van der Waals surface area contributed by atoms with Crippen LogP contribution in [0, 0.1) is 10.1 Å². The van der Waals surface area contributed by atoms with Crippen LogP contribution in [0.3, 0.4) is 0 Å². The Morgan fingerprint density at radius 1 is 1.56 bits per heavy atom. The fraction of sp³-hybridized carbons (Fsp3) is 0.500. The lowest BCUT2D eigenvalue weighted by atomic mass is 10.2. The molecule has 6 heteroatoms. The van der Waals surface area contributed by atoms with Crippen molar-refractivity contribution >= 4 is 5.69 Å². The van der Waals surface area contributed by atoms with Crippen LogP contribution in [0.5, 0.6) is 5.75 Å². The van der Waals surface area contributed by atoms with Gasteiger partial charge in [-0.05, 0) is 18.1 Å². The molecule has 0 radical (unpaired) electrons. The first kappa shape index (κ1) is 14.4. The lowest BCUT2D eigenvalue weighted by Gasteiger charge is -2.10. The molecule has 0 aliphatic rings. The summed E-state index contributed by atoms with van der Waals surface area (Å²) in [6.45, 7) is 2.84. The molecular formula is C12H18N2O4. The van der Waals surface area contributed by atoms with Gasteiger partial charge in [0.2, 0.25) is 0 Å². The van der Waals surface area contributed by atoms with E-state index >= 15 is 0 Å². The summed E-state index contributed by atoms with van der Waals surface area (Å²) in [5, 5.41) is 23.2. The number of nitrogens with one attached hydrogen (secondary N) is 1. The molecule has 1 aromatic carbocycles. The van der Waals surface area contributed by atoms with Gasteiger partial charge in [-0.1, -0.05) is 13.0 Å². The van der Waals surface area contributed by atoms with Gasteiger partial charge < -0.3 is 15.2 Å². The topological polar surface area (TPSA) is 84.6 Å². The molecule has 0 aliphatic carbocycles. The van der Waals surface area contributed by atoms with Crippen molar-refractivity contribution in [1.29, 1.82) is 0 Å². The molecule has 0 aliphatic heterocycles. The van der Waals surface area contributed by atoms with E-state index < -0.39 is 11.0 Å². The Bertz CT molecular complexity index is 409. The fourth-order valence-corrected chi connectivity index (χ4v) is 1.52. The quantitative estimate of drug-likeness (QED) is 0.568. The Balaban J connectivity index is 2.67. The van der Waals surface area contributed by atoms with E-state index in [1.165, 1.54) is 13.2 Å². The van der Waals surface area contributed by atoms with E-state index in [-0.39, 0.29) is 11.4 Å². The van der Waals surface area contributed by atoms with E-state index in [1.807, 2.05) is 6.92 Å². The van der Waals surface area contributed by atoms with Crippen LogP contribution in [-0.4, -0.2) is 29.8 Å². The Kier molecular flexibility index (Phi) is 5.54. The number of hydrogen-bond donors (Lipinski definition) is 2. The number of nitrogens with zero attached hydrogens (tertiary/aromatic N) is 1. The molecule has 18 heavy (non-hydrogen) atoms. The molecule has 1 aromatic rings. The van der Waals surface area contributed by atoms with Gasteiger partial charge in [0.15, 0.2) is 5.75 Å². The summed E-state index contributed by atoms with van der Waals surface area (Å²) >= 11 is 0. The molecule has 1 atom stereocenters. The van der Waals surface area contributed by atoms with E-state index in [4.69, 9.17) is 4.74 Å². The molecule has 0 saturated heterocycles. The smallest absolute Gasteiger partial charge is 0.311 e. The number of methoxy groups -OCH3 is 1. The van der Waals surface area contributed by atoms with Gasteiger partial charge in [0.05, 0.1) is 18.1 Å². The largest absolute Gasteiger partial charge is 0.490 e. The van der Waals surface area contributed by atoms with Gasteiger partial charge in [-0.25, -0.2) is 0 Å². The number of aliphatic hydroxyl groups is 1. The minimum atomic E-state index is -0.469. The van der Waals surface area contributed by atoms with Gasteiger partial charge in [-0.2, -0.15) is 0 Å². The predicted molar refractivity (Wildman–Crippen MR) is 67.7 cm³/mol. The average molecular weight is 254 g/mol. The molecule has 0 bridgehead atoms. The molecule has 2 N–H and O–H groups in total. The van der Waals surface area contributed by atoms with E-state index in [1.54, 1.807) is 12.1 Å². The van der Waals surface area contributed by atoms with Crippen molar-refractivity contribution in [3.63, 3.8) is 0 Å². The number of aliphatic hydroxyl groups excluding tert-OH is 1. The van der Waals surface area contributed by atoms with E-state index in [2.05, 4.69) is 5.32 Å². The lowest BCUT2D eigenvalue weighted by molar-refractivity contribution is -0.385. The Morgan fingerprint density at radius 3 is 2.83 bits per heavy atom. The standard InChI is InChI=1S/C12H18N2O4/c1-3-10(15)8-13-7-9-4-5-12(18-2)11(6-9)14(16)17/h4-6,10,13,15H,3,7-8H2,1-2H3. The number of hydrogen-bond acceptors (Lipinski definition) is 5. The van der Waals surface area contributed by atoms with Crippen LogP contribution < -0.4 is 10.1 Å². The fourth-order valence-electron chi connectivity index (χ4n) is 1.52. The third-order valence-corrected chi connectivity index (χ3v) is 2.62. The molecule has 0 heterocycles. The highest BCUT2D eigenvalue weighted by Gasteiger charge is 2.14. The highest BCUT2D eigenvalue weighted by atomic mass is 16.6. The number of ether oxygens (including phenoxy) is 1. The molecule has 1 unspecified atom stereocenters. The van der Waals surface area contributed by atoms with Crippen LogP contribution in [0.4, 0.5) is 5.69 Å². The zero-order valence-corrected chi connectivity index (χ0v) is 10.5. The van der Waals surface area contributed by atoms with Gasteiger partial charge in [0.1, 0.15) is 0 Å². The highest BCUT2D eigenvalue weighted by Crippen LogP contribution is 2.27. The predicted octanol–water partition coefficient (Wildman–Crippen LogP) is 1.46. The maximum atomic E-state index is 10.8. The van der Waals surface area contributed by atoms with Crippen molar-refractivity contribution in [2.75, 3.05) is 13.7 Å². The van der Waals surface area contributed by atoms with Gasteiger partial charge in [0.25, 0.3) is 0 Å². The average Bonchev–Trinajstić information content (AvgIpc) is 2.38. The number of benzene rings is 1. The van der Waals surface area contributed by atoms with Crippen molar-refractivity contribution in [3.8, 4) is 5.75 Å². The van der Waals surface area contributed by atoms with Gasteiger partial charge in [-0.15, -0.1) is 0 Å². The van der Waals surface area contributed by atoms with Gasteiger partial charge in [-0.3, -0.25) is 10.1 Å².